The number of halogens is 1. The lowest BCUT2D eigenvalue weighted by Gasteiger charge is -2.30. The molecular formula is C22H31FN4O4. The highest BCUT2D eigenvalue weighted by Gasteiger charge is 2.34. The molecule has 1 saturated heterocycles. The molecule has 0 bridgehead atoms. The molecule has 9 heteroatoms. The second-order valence-electron chi connectivity index (χ2n) is 9.04. The average Bonchev–Trinajstić information content (AvgIpc) is 3.07. The van der Waals surface area contributed by atoms with Crippen molar-refractivity contribution >= 4 is 22.7 Å². The van der Waals surface area contributed by atoms with Gasteiger partial charge in [-0.1, -0.05) is 20.8 Å². The molecular weight excluding hydrogens is 403 g/mol. The molecule has 8 nitrogen and oxygen atoms in total. The van der Waals surface area contributed by atoms with Gasteiger partial charge in [0.15, 0.2) is 5.69 Å². The Hall–Kier alpha value is -2.52. The first-order valence-corrected chi connectivity index (χ1v) is 10.6. The van der Waals surface area contributed by atoms with E-state index in [1.165, 1.54) is 12.1 Å². The number of hydrogen-bond acceptors (Lipinski definition) is 5. The van der Waals surface area contributed by atoms with Crippen molar-refractivity contribution in [2.45, 2.75) is 46.2 Å². The highest BCUT2D eigenvalue weighted by molar-refractivity contribution is 6.06. The average molecular weight is 435 g/mol. The van der Waals surface area contributed by atoms with Gasteiger partial charge in [0.2, 0.25) is 5.91 Å². The first-order valence-electron chi connectivity index (χ1n) is 10.6. The molecule has 1 aromatic heterocycles. The quantitative estimate of drug-likeness (QED) is 0.617. The van der Waals surface area contributed by atoms with Gasteiger partial charge in [0, 0.05) is 31.7 Å². The zero-order valence-electron chi connectivity index (χ0n) is 18.3. The van der Waals surface area contributed by atoms with E-state index in [1.807, 2.05) is 20.8 Å². The molecule has 1 aliphatic heterocycles. The van der Waals surface area contributed by atoms with Gasteiger partial charge in [0.05, 0.1) is 12.1 Å². The van der Waals surface area contributed by atoms with Crippen LogP contribution in [0.5, 0.6) is 0 Å². The van der Waals surface area contributed by atoms with Crippen LogP contribution in [0.3, 0.4) is 0 Å². The smallest absolute Gasteiger partial charge is 0.273 e. The molecule has 0 spiro atoms. The summed E-state index contributed by atoms with van der Waals surface area (Å²) < 4.78 is 21.2. The molecule has 1 fully saturated rings. The second kappa shape index (κ2) is 9.74. The Morgan fingerprint density at radius 2 is 2.03 bits per heavy atom. The third-order valence-corrected chi connectivity index (χ3v) is 5.51. The highest BCUT2D eigenvalue weighted by Crippen LogP contribution is 2.25. The van der Waals surface area contributed by atoms with Crippen LogP contribution >= 0.6 is 0 Å². The molecule has 3 N–H and O–H groups in total. The minimum Gasteiger partial charge on any atom is -0.395 e. The van der Waals surface area contributed by atoms with Crippen molar-refractivity contribution in [3.63, 3.8) is 0 Å². The second-order valence-corrected chi connectivity index (χ2v) is 9.04. The van der Waals surface area contributed by atoms with Crippen LogP contribution in [-0.4, -0.2) is 59.1 Å². The van der Waals surface area contributed by atoms with Crippen molar-refractivity contribution in [2.24, 2.45) is 11.3 Å². The summed E-state index contributed by atoms with van der Waals surface area (Å²) in [6.45, 7) is 7.39. The minimum absolute atomic E-state index is 0.0887. The summed E-state index contributed by atoms with van der Waals surface area (Å²) in [6, 6.07) is 3.43. The summed E-state index contributed by atoms with van der Waals surface area (Å²) in [4.78, 5) is 25.7. The number of amides is 2. The number of carbonyl (C=O) groups is 2. The summed E-state index contributed by atoms with van der Waals surface area (Å²) in [5.41, 5.74) is 0.182. The number of aliphatic hydroxyl groups excluding tert-OH is 1. The van der Waals surface area contributed by atoms with Crippen LogP contribution in [0.15, 0.2) is 18.2 Å². The van der Waals surface area contributed by atoms with E-state index in [1.54, 1.807) is 10.7 Å². The van der Waals surface area contributed by atoms with Crippen LogP contribution < -0.4 is 10.6 Å². The van der Waals surface area contributed by atoms with Crippen LogP contribution in [0.2, 0.25) is 0 Å². The number of ether oxygens (including phenoxy) is 1. The van der Waals surface area contributed by atoms with E-state index in [4.69, 9.17) is 9.84 Å². The van der Waals surface area contributed by atoms with E-state index in [0.717, 1.165) is 12.8 Å². The van der Waals surface area contributed by atoms with E-state index in [2.05, 4.69) is 15.7 Å². The van der Waals surface area contributed by atoms with Gasteiger partial charge in [-0.15, -0.1) is 0 Å². The van der Waals surface area contributed by atoms with Gasteiger partial charge in [-0.2, -0.15) is 5.10 Å². The van der Waals surface area contributed by atoms with Crippen LogP contribution in [0, 0.1) is 17.2 Å². The van der Waals surface area contributed by atoms with Crippen LogP contribution in [0.4, 0.5) is 4.39 Å². The standard InChI is InChI=1S/C22H31FN4O4/c1-22(2,3)19(21(30)24-8-9-28)25-20(29)18-16-12-15(23)4-5-17(16)27(26-18)13-14-6-10-31-11-7-14/h4-5,12,14,19,28H,6-11,13H2,1-3H3,(H,24,30)(H,25,29)/t19-/m1/s1. The van der Waals surface area contributed by atoms with Gasteiger partial charge in [-0.25, -0.2) is 4.39 Å². The summed E-state index contributed by atoms with van der Waals surface area (Å²) in [7, 11) is 0. The van der Waals surface area contributed by atoms with Gasteiger partial charge < -0.3 is 20.5 Å². The van der Waals surface area contributed by atoms with Crippen LogP contribution in [0.25, 0.3) is 10.9 Å². The van der Waals surface area contributed by atoms with Gasteiger partial charge in [-0.05, 0) is 42.4 Å². The Bertz CT molecular complexity index is 931. The zero-order valence-corrected chi connectivity index (χ0v) is 18.3. The topological polar surface area (TPSA) is 105 Å². The van der Waals surface area contributed by atoms with Gasteiger partial charge in [-0.3, -0.25) is 14.3 Å². The van der Waals surface area contributed by atoms with Crippen LogP contribution in [0.1, 0.15) is 44.1 Å². The number of aliphatic hydroxyl groups is 1. The molecule has 31 heavy (non-hydrogen) atoms. The number of carbonyl (C=O) groups excluding carboxylic acids is 2. The molecule has 0 aliphatic carbocycles. The Kier molecular flexibility index (Phi) is 7.27. The first kappa shape index (κ1) is 23.1. The van der Waals surface area contributed by atoms with Crippen molar-refractivity contribution in [1.29, 1.82) is 0 Å². The maximum absolute atomic E-state index is 14.0. The van der Waals surface area contributed by atoms with Crippen LogP contribution in [-0.2, 0) is 16.1 Å². The summed E-state index contributed by atoms with van der Waals surface area (Å²) in [5.74, 6) is -1.03. The fourth-order valence-electron chi connectivity index (χ4n) is 3.79. The van der Waals surface area contributed by atoms with Crippen molar-refractivity contribution in [2.75, 3.05) is 26.4 Å². The summed E-state index contributed by atoms with van der Waals surface area (Å²) >= 11 is 0. The Balaban J connectivity index is 1.90. The first-order chi connectivity index (χ1) is 14.7. The van der Waals surface area contributed by atoms with E-state index in [-0.39, 0.29) is 18.8 Å². The number of benzene rings is 1. The fourth-order valence-corrected chi connectivity index (χ4v) is 3.79. The maximum Gasteiger partial charge on any atom is 0.273 e. The third-order valence-electron chi connectivity index (χ3n) is 5.51. The third kappa shape index (κ3) is 5.59. The Morgan fingerprint density at radius 3 is 2.68 bits per heavy atom. The monoisotopic (exact) mass is 434 g/mol. The highest BCUT2D eigenvalue weighted by atomic mass is 19.1. The lowest BCUT2D eigenvalue weighted by molar-refractivity contribution is -0.125. The number of nitrogens with zero attached hydrogens (tertiary/aromatic N) is 2. The van der Waals surface area contributed by atoms with Gasteiger partial charge in [0.25, 0.3) is 5.91 Å². The largest absolute Gasteiger partial charge is 0.395 e. The lowest BCUT2D eigenvalue weighted by atomic mass is 9.86. The van der Waals surface area contributed by atoms with Gasteiger partial charge >= 0.3 is 0 Å². The van der Waals surface area contributed by atoms with Crippen molar-refractivity contribution in [3.05, 3.63) is 29.7 Å². The molecule has 2 aromatic rings. The maximum atomic E-state index is 14.0. The van der Waals surface area contributed by atoms with E-state index in [0.29, 0.717) is 36.6 Å². The Labute approximate surface area is 181 Å². The summed E-state index contributed by atoms with van der Waals surface area (Å²) in [6.07, 6.45) is 1.81. The SMILES string of the molecule is CC(C)(C)[C@H](NC(=O)c1nn(CC2CCOCC2)c2ccc(F)cc12)C(=O)NCCO. The predicted molar refractivity (Wildman–Crippen MR) is 114 cm³/mol. The van der Waals surface area contributed by atoms with E-state index in [9.17, 15) is 14.0 Å². The number of hydrogen-bond donors (Lipinski definition) is 3. The molecule has 0 radical (unpaired) electrons. The van der Waals surface area contributed by atoms with Gasteiger partial charge in [0.1, 0.15) is 11.9 Å². The van der Waals surface area contributed by atoms with E-state index < -0.39 is 29.1 Å². The number of rotatable bonds is 7. The number of aromatic nitrogens is 2. The molecule has 0 saturated carbocycles. The normalized spacial score (nSPS) is 16.3. The molecule has 1 atom stereocenters. The number of nitrogens with one attached hydrogen (secondary N) is 2. The molecule has 1 aromatic carbocycles. The number of fused-ring (bicyclic) bond motifs is 1. The molecule has 3 rings (SSSR count). The lowest BCUT2D eigenvalue weighted by Crippen LogP contribution is -2.54. The summed E-state index contributed by atoms with van der Waals surface area (Å²) in [5, 5.41) is 19.3. The zero-order chi connectivity index (χ0) is 22.6. The molecule has 2 amide bonds. The molecule has 1 aliphatic rings. The molecule has 170 valence electrons. The molecule has 2 heterocycles. The van der Waals surface area contributed by atoms with Crippen molar-refractivity contribution in [3.8, 4) is 0 Å². The van der Waals surface area contributed by atoms with Crippen molar-refractivity contribution < 1.29 is 23.8 Å². The predicted octanol–water partition coefficient (Wildman–Crippen LogP) is 1.85. The minimum atomic E-state index is -0.851. The van der Waals surface area contributed by atoms with Crippen molar-refractivity contribution in [1.82, 2.24) is 20.4 Å². The van der Waals surface area contributed by atoms with E-state index >= 15 is 0 Å². The molecule has 0 unspecified atom stereocenters. The fraction of sp³-hybridized carbons (Fsp3) is 0.591. The Morgan fingerprint density at radius 1 is 1.32 bits per heavy atom.